The molecule has 0 atom stereocenters. The van der Waals surface area contributed by atoms with E-state index in [0.29, 0.717) is 28.7 Å². The van der Waals surface area contributed by atoms with Crippen molar-refractivity contribution >= 4 is 11.7 Å². The van der Waals surface area contributed by atoms with Crippen LogP contribution in [0.1, 0.15) is 27.6 Å². The predicted molar refractivity (Wildman–Crippen MR) is 71.7 cm³/mol. The van der Waals surface area contributed by atoms with Gasteiger partial charge >= 0.3 is 0 Å². The third-order valence-corrected chi connectivity index (χ3v) is 2.73. The Hall–Kier alpha value is -2.30. The molecule has 0 aromatic carbocycles. The standard InChI is InChI=1S/C14H16N2O3/c1-8-5-6-12(18-4)13(15-8)16-14(17)11-7-9(2)19-10(11)3/h5-7H,1-4H3,(H,15,16,17). The molecule has 0 saturated heterocycles. The maximum atomic E-state index is 12.2. The van der Waals surface area contributed by atoms with Crippen molar-refractivity contribution in [2.75, 3.05) is 12.4 Å². The van der Waals surface area contributed by atoms with E-state index in [0.717, 1.165) is 5.69 Å². The minimum Gasteiger partial charge on any atom is -0.493 e. The molecule has 5 heteroatoms. The molecule has 0 bridgehead atoms. The van der Waals surface area contributed by atoms with Crippen molar-refractivity contribution < 1.29 is 13.9 Å². The van der Waals surface area contributed by atoms with Gasteiger partial charge in [-0.25, -0.2) is 4.98 Å². The molecule has 1 amide bonds. The lowest BCUT2D eigenvalue weighted by molar-refractivity contribution is 0.102. The number of rotatable bonds is 3. The van der Waals surface area contributed by atoms with E-state index < -0.39 is 0 Å². The number of carbonyl (C=O) groups is 1. The van der Waals surface area contributed by atoms with Gasteiger partial charge in [-0.3, -0.25) is 4.79 Å². The Morgan fingerprint density at radius 3 is 2.63 bits per heavy atom. The highest BCUT2D eigenvalue weighted by Crippen LogP contribution is 2.23. The zero-order valence-electron chi connectivity index (χ0n) is 11.4. The molecule has 0 saturated carbocycles. The van der Waals surface area contributed by atoms with Crippen LogP contribution in [0.2, 0.25) is 0 Å². The summed E-state index contributed by atoms with van der Waals surface area (Å²) in [5, 5.41) is 2.74. The van der Waals surface area contributed by atoms with Crippen LogP contribution in [0.25, 0.3) is 0 Å². The number of nitrogens with zero attached hydrogens (tertiary/aromatic N) is 1. The molecule has 2 aromatic rings. The molecule has 0 radical (unpaired) electrons. The summed E-state index contributed by atoms with van der Waals surface area (Å²) in [6, 6.07) is 5.29. The van der Waals surface area contributed by atoms with E-state index in [-0.39, 0.29) is 5.91 Å². The zero-order valence-corrected chi connectivity index (χ0v) is 11.4. The van der Waals surface area contributed by atoms with E-state index in [1.165, 1.54) is 7.11 Å². The van der Waals surface area contributed by atoms with Gasteiger partial charge in [0, 0.05) is 5.69 Å². The van der Waals surface area contributed by atoms with Gasteiger partial charge in [0.1, 0.15) is 11.5 Å². The number of amides is 1. The fourth-order valence-corrected chi connectivity index (χ4v) is 1.83. The van der Waals surface area contributed by atoms with Crippen LogP contribution in [-0.2, 0) is 0 Å². The van der Waals surface area contributed by atoms with Crippen LogP contribution in [0.15, 0.2) is 22.6 Å². The molecular weight excluding hydrogens is 244 g/mol. The Morgan fingerprint density at radius 2 is 2.05 bits per heavy atom. The molecule has 1 N–H and O–H groups in total. The van der Waals surface area contributed by atoms with Gasteiger partial charge in [-0.15, -0.1) is 0 Å². The quantitative estimate of drug-likeness (QED) is 0.921. The number of methoxy groups -OCH3 is 1. The highest BCUT2D eigenvalue weighted by molar-refractivity contribution is 6.05. The van der Waals surface area contributed by atoms with Crippen LogP contribution in [0, 0.1) is 20.8 Å². The Labute approximate surface area is 111 Å². The maximum absolute atomic E-state index is 12.2. The van der Waals surface area contributed by atoms with Crippen molar-refractivity contribution in [1.29, 1.82) is 0 Å². The second kappa shape index (κ2) is 5.14. The normalized spacial score (nSPS) is 10.3. The second-order valence-corrected chi connectivity index (χ2v) is 4.28. The number of carbonyl (C=O) groups excluding carboxylic acids is 1. The first-order valence-corrected chi connectivity index (χ1v) is 5.91. The molecule has 0 aliphatic rings. The first-order chi connectivity index (χ1) is 9.01. The fourth-order valence-electron chi connectivity index (χ4n) is 1.83. The Balaban J connectivity index is 2.28. The second-order valence-electron chi connectivity index (χ2n) is 4.28. The molecule has 0 aliphatic carbocycles. The molecule has 0 fully saturated rings. The minimum absolute atomic E-state index is 0.259. The molecule has 19 heavy (non-hydrogen) atoms. The zero-order chi connectivity index (χ0) is 14.0. The van der Waals surface area contributed by atoms with Gasteiger partial charge in [-0.2, -0.15) is 0 Å². The first kappa shape index (κ1) is 13.1. The predicted octanol–water partition coefficient (Wildman–Crippen LogP) is 2.86. The molecule has 0 unspecified atom stereocenters. The Bertz CT molecular complexity index is 617. The number of hydrogen-bond donors (Lipinski definition) is 1. The van der Waals surface area contributed by atoms with Crippen molar-refractivity contribution in [2.45, 2.75) is 20.8 Å². The lowest BCUT2D eigenvalue weighted by atomic mass is 10.2. The van der Waals surface area contributed by atoms with E-state index in [4.69, 9.17) is 9.15 Å². The Kier molecular flexibility index (Phi) is 3.55. The van der Waals surface area contributed by atoms with Crippen LogP contribution in [-0.4, -0.2) is 18.0 Å². The number of nitrogens with one attached hydrogen (secondary N) is 1. The SMILES string of the molecule is COc1ccc(C)nc1NC(=O)c1cc(C)oc1C. The van der Waals surface area contributed by atoms with Crippen molar-refractivity contribution in [2.24, 2.45) is 0 Å². The number of hydrogen-bond acceptors (Lipinski definition) is 4. The van der Waals surface area contributed by atoms with E-state index in [1.54, 1.807) is 26.0 Å². The molecule has 2 heterocycles. The Morgan fingerprint density at radius 1 is 1.32 bits per heavy atom. The third kappa shape index (κ3) is 2.76. The fraction of sp³-hybridized carbons (Fsp3) is 0.286. The van der Waals surface area contributed by atoms with Crippen LogP contribution in [0.4, 0.5) is 5.82 Å². The summed E-state index contributed by atoms with van der Waals surface area (Å²) in [5.41, 5.74) is 1.30. The summed E-state index contributed by atoms with van der Waals surface area (Å²) in [5.74, 6) is 1.96. The lowest BCUT2D eigenvalue weighted by Gasteiger charge is -2.09. The van der Waals surface area contributed by atoms with E-state index in [1.807, 2.05) is 13.0 Å². The molecular formula is C14H16N2O3. The summed E-state index contributed by atoms with van der Waals surface area (Å²) in [4.78, 5) is 16.4. The van der Waals surface area contributed by atoms with Gasteiger partial charge < -0.3 is 14.5 Å². The van der Waals surface area contributed by atoms with E-state index >= 15 is 0 Å². The van der Waals surface area contributed by atoms with Gasteiger partial charge in [-0.1, -0.05) is 0 Å². The largest absolute Gasteiger partial charge is 0.493 e. The molecule has 2 rings (SSSR count). The van der Waals surface area contributed by atoms with Crippen LogP contribution in [0.3, 0.4) is 0 Å². The first-order valence-electron chi connectivity index (χ1n) is 5.91. The van der Waals surface area contributed by atoms with Crippen molar-refractivity contribution in [3.05, 3.63) is 41.0 Å². The van der Waals surface area contributed by atoms with Crippen LogP contribution >= 0.6 is 0 Å². The molecule has 0 spiro atoms. The molecule has 0 aliphatic heterocycles. The lowest BCUT2D eigenvalue weighted by Crippen LogP contribution is -2.14. The number of anilines is 1. The number of pyridine rings is 1. The van der Waals surface area contributed by atoms with E-state index in [9.17, 15) is 4.79 Å². The average Bonchev–Trinajstić information content (AvgIpc) is 2.69. The summed E-state index contributed by atoms with van der Waals surface area (Å²) >= 11 is 0. The van der Waals surface area contributed by atoms with Crippen LogP contribution in [0.5, 0.6) is 5.75 Å². The number of furan rings is 1. The summed E-state index contributed by atoms with van der Waals surface area (Å²) in [6.07, 6.45) is 0. The highest BCUT2D eigenvalue weighted by atomic mass is 16.5. The van der Waals surface area contributed by atoms with Crippen molar-refractivity contribution in [3.8, 4) is 5.75 Å². The van der Waals surface area contributed by atoms with Crippen molar-refractivity contribution in [1.82, 2.24) is 4.98 Å². The van der Waals surface area contributed by atoms with Gasteiger partial charge in [0.25, 0.3) is 5.91 Å². The van der Waals surface area contributed by atoms with Gasteiger partial charge in [0.15, 0.2) is 11.6 Å². The summed E-state index contributed by atoms with van der Waals surface area (Å²) in [7, 11) is 1.54. The smallest absolute Gasteiger partial charge is 0.260 e. The third-order valence-electron chi connectivity index (χ3n) is 2.73. The number of aromatic nitrogens is 1. The molecule has 5 nitrogen and oxygen atoms in total. The average molecular weight is 260 g/mol. The van der Waals surface area contributed by atoms with Gasteiger partial charge in [-0.05, 0) is 39.0 Å². The summed E-state index contributed by atoms with van der Waals surface area (Å²) in [6.45, 7) is 5.40. The number of aryl methyl sites for hydroxylation is 3. The molecule has 2 aromatic heterocycles. The molecule has 100 valence electrons. The summed E-state index contributed by atoms with van der Waals surface area (Å²) < 4.78 is 10.5. The number of ether oxygens (including phenoxy) is 1. The monoisotopic (exact) mass is 260 g/mol. The van der Waals surface area contributed by atoms with Gasteiger partial charge in [0.2, 0.25) is 0 Å². The topological polar surface area (TPSA) is 64.4 Å². The van der Waals surface area contributed by atoms with Gasteiger partial charge in [0.05, 0.1) is 12.7 Å². The van der Waals surface area contributed by atoms with E-state index in [2.05, 4.69) is 10.3 Å². The van der Waals surface area contributed by atoms with Crippen molar-refractivity contribution in [3.63, 3.8) is 0 Å². The maximum Gasteiger partial charge on any atom is 0.260 e. The minimum atomic E-state index is -0.259. The van der Waals surface area contributed by atoms with Crippen LogP contribution < -0.4 is 10.1 Å². The highest BCUT2D eigenvalue weighted by Gasteiger charge is 2.16.